The summed E-state index contributed by atoms with van der Waals surface area (Å²) in [4.78, 5) is 2.30. The summed E-state index contributed by atoms with van der Waals surface area (Å²) >= 11 is 0. The van der Waals surface area contributed by atoms with Gasteiger partial charge in [0.25, 0.3) is 0 Å². The fraction of sp³-hybridized carbons (Fsp3) is 0.667. The van der Waals surface area contributed by atoms with Gasteiger partial charge in [-0.2, -0.15) is 0 Å². The molecule has 0 amide bonds. The first-order valence-electron chi connectivity index (χ1n) is 8.31. The first kappa shape index (κ1) is 16.4. The number of hydrogen-bond acceptors (Lipinski definition) is 2. The summed E-state index contributed by atoms with van der Waals surface area (Å²) in [6.07, 6.45) is 5.07. The van der Waals surface area contributed by atoms with Crippen LogP contribution in [0.3, 0.4) is 0 Å². The predicted octanol–water partition coefficient (Wildman–Crippen LogP) is 3.99. The van der Waals surface area contributed by atoms with Crippen molar-refractivity contribution in [2.45, 2.75) is 51.6 Å². The summed E-state index contributed by atoms with van der Waals surface area (Å²) in [7, 11) is 2.12. The Labute approximate surface area is 128 Å². The van der Waals surface area contributed by atoms with Crippen molar-refractivity contribution in [3.63, 3.8) is 0 Å². The Kier molecular flexibility index (Phi) is 6.19. The normalized spacial score (nSPS) is 23.7. The van der Waals surface area contributed by atoms with E-state index in [1.54, 1.807) is 12.1 Å². The van der Waals surface area contributed by atoms with Crippen LogP contribution in [0.2, 0.25) is 0 Å². The second kappa shape index (κ2) is 7.90. The van der Waals surface area contributed by atoms with Gasteiger partial charge in [0.1, 0.15) is 5.82 Å². The monoisotopic (exact) mass is 292 g/mol. The summed E-state index contributed by atoms with van der Waals surface area (Å²) in [5.41, 5.74) is 0.802. The molecule has 1 aromatic rings. The average Bonchev–Trinajstić information content (AvgIpc) is 2.92. The van der Waals surface area contributed by atoms with Crippen molar-refractivity contribution in [1.29, 1.82) is 0 Å². The zero-order valence-corrected chi connectivity index (χ0v) is 13.6. The van der Waals surface area contributed by atoms with Crippen LogP contribution in [0.4, 0.5) is 4.39 Å². The minimum atomic E-state index is -0.0936. The highest BCUT2D eigenvalue weighted by Gasteiger charge is 2.29. The van der Waals surface area contributed by atoms with Crippen LogP contribution in [0.25, 0.3) is 0 Å². The van der Waals surface area contributed by atoms with Crippen molar-refractivity contribution in [1.82, 2.24) is 10.2 Å². The first-order chi connectivity index (χ1) is 10.1. The molecule has 1 aliphatic rings. The van der Waals surface area contributed by atoms with E-state index in [1.165, 1.54) is 25.7 Å². The van der Waals surface area contributed by atoms with Crippen LogP contribution in [-0.4, -0.2) is 31.1 Å². The molecule has 3 unspecified atom stereocenters. The highest BCUT2D eigenvalue weighted by Crippen LogP contribution is 2.29. The van der Waals surface area contributed by atoms with E-state index < -0.39 is 0 Å². The number of halogens is 1. The Bertz CT molecular complexity index is 435. The molecule has 1 aliphatic carbocycles. The van der Waals surface area contributed by atoms with Gasteiger partial charge >= 0.3 is 0 Å². The number of hydrogen-bond donors (Lipinski definition) is 1. The topological polar surface area (TPSA) is 15.3 Å². The summed E-state index contributed by atoms with van der Waals surface area (Å²) in [6, 6.07) is 7.90. The van der Waals surface area contributed by atoms with Crippen LogP contribution in [0.15, 0.2) is 24.3 Å². The Morgan fingerprint density at radius 1 is 1.33 bits per heavy atom. The molecule has 0 saturated heterocycles. The van der Waals surface area contributed by atoms with Crippen LogP contribution in [0, 0.1) is 11.7 Å². The zero-order chi connectivity index (χ0) is 15.2. The Balaban J connectivity index is 1.94. The lowest BCUT2D eigenvalue weighted by atomic mass is 10.0. The molecule has 1 aromatic carbocycles. The van der Waals surface area contributed by atoms with E-state index in [0.717, 1.165) is 18.7 Å². The van der Waals surface area contributed by atoms with Crippen LogP contribution in [0.1, 0.15) is 51.1 Å². The summed E-state index contributed by atoms with van der Waals surface area (Å²) in [6.45, 7) is 6.45. The molecule has 0 aromatic heterocycles. The van der Waals surface area contributed by atoms with E-state index in [9.17, 15) is 4.39 Å². The lowest BCUT2D eigenvalue weighted by Gasteiger charge is -2.31. The second-order valence-corrected chi connectivity index (χ2v) is 6.39. The number of nitrogens with zero attached hydrogens (tertiary/aromatic N) is 1. The van der Waals surface area contributed by atoms with E-state index in [2.05, 4.69) is 31.1 Å². The smallest absolute Gasteiger partial charge is 0.127 e. The van der Waals surface area contributed by atoms with Gasteiger partial charge in [-0.3, -0.25) is 4.90 Å². The van der Waals surface area contributed by atoms with Crippen molar-refractivity contribution in [3.05, 3.63) is 35.6 Å². The molecule has 1 N–H and O–H groups in total. The molecule has 2 rings (SSSR count). The zero-order valence-electron chi connectivity index (χ0n) is 13.6. The molecule has 3 heteroatoms. The molecule has 21 heavy (non-hydrogen) atoms. The maximum atomic E-state index is 13.9. The molecule has 0 aliphatic heterocycles. The van der Waals surface area contributed by atoms with Crippen LogP contribution in [-0.2, 0) is 0 Å². The van der Waals surface area contributed by atoms with Crippen molar-refractivity contribution in [2.75, 3.05) is 20.1 Å². The van der Waals surface area contributed by atoms with Crippen LogP contribution >= 0.6 is 0 Å². The highest BCUT2D eigenvalue weighted by molar-refractivity contribution is 5.20. The van der Waals surface area contributed by atoms with Gasteiger partial charge < -0.3 is 5.32 Å². The van der Waals surface area contributed by atoms with Gasteiger partial charge in [-0.15, -0.1) is 0 Å². The lowest BCUT2D eigenvalue weighted by molar-refractivity contribution is 0.201. The molecule has 118 valence electrons. The van der Waals surface area contributed by atoms with E-state index >= 15 is 0 Å². The molecular weight excluding hydrogens is 263 g/mol. The fourth-order valence-electron chi connectivity index (χ4n) is 3.43. The fourth-order valence-corrected chi connectivity index (χ4v) is 3.43. The molecule has 0 heterocycles. The summed E-state index contributed by atoms with van der Waals surface area (Å²) < 4.78 is 13.9. The minimum Gasteiger partial charge on any atom is -0.314 e. The molecular formula is C18H29FN2. The third-order valence-electron chi connectivity index (χ3n) is 4.85. The van der Waals surface area contributed by atoms with Crippen molar-refractivity contribution in [2.24, 2.45) is 5.92 Å². The number of rotatable bonds is 7. The van der Waals surface area contributed by atoms with Crippen molar-refractivity contribution < 1.29 is 4.39 Å². The maximum Gasteiger partial charge on any atom is 0.127 e. The average molecular weight is 292 g/mol. The van der Waals surface area contributed by atoms with Gasteiger partial charge in [0, 0.05) is 24.2 Å². The van der Waals surface area contributed by atoms with Crippen molar-refractivity contribution in [3.8, 4) is 0 Å². The van der Waals surface area contributed by atoms with E-state index in [-0.39, 0.29) is 11.9 Å². The SMILES string of the molecule is CCCNC1CCCC1CN(C)C(C)c1ccccc1F. The van der Waals surface area contributed by atoms with Gasteiger partial charge in [-0.25, -0.2) is 4.39 Å². The standard InChI is InChI=1S/C18H29FN2/c1-4-12-20-18-11-7-8-15(18)13-21(3)14(2)16-9-5-6-10-17(16)19/h5-6,9-10,14-15,18,20H,4,7-8,11-13H2,1-3H3. The molecule has 0 spiro atoms. The maximum absolute atomic E-state index is 13.9. The Morgan fingerprint density at radius 3 is 2.81 bits per heavy atom. The predicted molar refractivity (Wildman–Crippen MR) is 86.9 cm³/mol. The third-order valence-corrected chi connectivity index (χ3v) is 4.85. The summed E-state index contributed by atoms with van der Waals surface area (Å²) in [5, 5.41) is 3.68. The molecule has 1 fully saturated rings. The van der Waals surface area contributed by atoms with Gasteiger partial charge in [-0.1, -0.05) is 31.5 Å². The minimum absolute atomic E-state index is 0.0936. The summed E-state index contributed by atoms with van der Waals surface area (Å²) in [5.74, 6) is 0.597. The quantitative estimate of drug-likeness (QED) is 0.817. The van der Waals surface area contributed by atoms with Crippen LogP contribution < -0.4 is 5.32 Å². The molecule has 3 atom stereocenters. The molecule has 0 radical (unpaired) electrons. The van der Waals surface area contributed by atoms with Crippen molar-refractivity contribution >= 4 is 0 Å². The highest BCUT2D eigenvalue weighted by atomic mass is 19.1. The second-order valence-electron chi connectivity index (χ2n) is 6.39. The van der Waals surface area contributed by atoms with E-state index in [1.807, 2.05) is 12.1 Å². The Hall–Kier alpha value is -0.930. The van der Waals surface area contributed by atoms with E-state index in [4.69, 9.17) is 0 Å². The number of benzene rings is 1. The molecule has 1 saturated carbocycles. The van der Waals surface area contributed by atoms with Gasteiger partial charge in [0.15, 0.2) is 0 Å². The Morgan fingerprint density at radius 2 is 2.10 bits per heavy atom. The van der Waals surface area contributed by atoms with Crippen LogP contribution in [0.5, 0.6) is 0 Å². The lowest BCUT2D eigenvalue weighted by Crippen LogP contribution is -2.39. The number of nitrogens with one attached hydrogen (secondary N) is 1. The van der Waals surface area contributed by atoms with Gasteiger partial charge in [0.05, 0.1) is 0 Å². The molecule has 2 nitrogen and oxygen atoms in total. The van der Waals surface area contributed by atoms with E-state index in [0.29, 0.717) is 12.0 Å². The largest absolute Gasteiger partial charge is 0.314 e. The van der Waals surface area contributed by atoms with Gasteiger partial charge in [-0.05, 0) is 51.8 Å². The van der Waals surface area contributed by atoms with Gasteiger partial charge in [0.2, 0.25) is 0 Å². The molecule has 0 bridgehead atoms. The third kappa shape index (κ3) is 4.27. The first-order valence-corrected chi connectivity index (χ1v) is 8.31.